The minimum atomic E-state index is 0.695. The van der Waals surface area contributed by atoms with E-state index >= 15 is 0 Å². The fraction of sp³-hybridized carbons (Fsp3) is 0.364. The average Bonchev–Trinajstić information content (AvgIpc) is 2.84. The maximum Gasteiger partial charge on any atom is 0.178 e. The van der Waals surface area contributed by atoms with Crippen LogP contribution in [-0.4, -0.2) is 21.5 Å². The Hall–Kier alpha value is -1.33. The van der Waals surface area contributed by atoms with Gasteiger partial charge in [0.1, 0.15) is 5.69 Å². The first-order valence-electron chi connectivity index (χ1n) is 5.30. The van der Waals surface area contributed by atoms with Gasteiger partial charge in [-0.25, -0.2) is 15.0 Å². The van der Waals surface area contributed by atoms with E-state index in [9.17, 15) is 0 Å². The smallest absolute Gasteiger partial charge is 0.178 e. The third-order valence-corrected chi connectivity index (χ3v) is 2.71. The summed E-state index contributed by atoms with van der Waals surface area (Å²) in [6.45, 7) is 3.99. The van der Waals surface area contributed by atoms with Gasteiger partial charge in [-0.1, -0.05) is 6.92 Å². The zero-order valence-corrected chi connectivity index (χ0v) is 10.00. The molecule has 0 aliphatic rings. The Kier molecular flexibility index (Phi) is 3.96. The van der Waals surface area contributed by atoms with E-state index in [2.05, 4.69) is 27.2 Å². The Morgan fingerprint density at radius 3 is 2.69 bits per heavy atom. The molecule has 0 bridgehead atoms. The molecular weight excluding hydrogens is 220 g/mol. The van der Waals surface area contributed by atoms with Gasteiger partial charge in [-0.05, 0) is 13.0 Å². The largest absolute Gasteiger partial charge is 0.313 e. The Morgan fingerprint density at radius 1 is 1.25 bits per heavy atom. The Morgan fingerprint density at radius 2 is 2.06 bits per heavy atom. The monoisotopic (exact) mass is 234 g/mol. The lowest BCUT2D eigenvalue weighted by atomic mass is 10.3. The molecular formula is C11H14N4S. The number of nitrogens with zero attached hydrogens (tertiary/aromatic N) is 3. The van der Waals surface area contributed by atoms with Crippen LogP contribution in [0.3, 0.4) is 0 Å². The topological polar surface area (TPSA) is 50.7 Å². The molecule has 0 aromatic carbocycles. The van der Waals surface area contributed by atoms with Crippen molar-refractivity contribution in [1.82, 2.24) is 20.3 Å². The van der Waals surface area contributed by atoms with Crippen LogP contribution >= 0.6 is 11.3 Å². The Labute approximate surface area is 98.8 Å². The van der Waals surface area contributed by atoms with Crippen molar-refractivity contribution < 1.29 is 0 Å². The molecule has 2 aromatic heterocycles. The van der Waals surface area contributed by atoms with Crippen molar-refractivity contribution in [3.05, 3.63) is 28.8 Å². The summed E-state index contributed by atoms with van der Waals surface area (Å²) in [6, 6.07) is 0. The first-order valence-corrected chi connectivity index (χ1v) is 6.24. The van der Waals surface area contributed by atoms with Crippen LogP contribution in [0.25, 0.3) is 11.5 Å². The van der Waals surface area contributed by atoms with Gasteiger partial charge in [0.05, 0.1) is 5.51 Å². The maximum atomic E-state index is 4.29. The van der Waals surface area contributed by atoms with Crippen LogP contribution in [0.4, 0.5) is 0 Å². The van der Waals surface area contributed by atoms with E-state index in [0.29, 0.717) is 5.82 Å². The molecule has 0 spiro atoms. The SMILES string of the molecule is CCCNCc1cnc(-c2cscn2)nc1. The molecule has 5 heteroatoms. The lowest BCUT2D eigenvalue weighted by Crippen LogP contribution is -2.14. The average molecular weight is 234 g/mol. The number of hydrogen-bond acceptors (Lipinski definition) is 5. The standard InChI is InChI=1S/C11H14N4S/c1-2-3-12-4-9-5-13-11(14-6-9)10-7-16-8-15-10/h5-8,12H,2-4H2,1H3. The summed E-state index contributed by atoms with van der Waals surface area (Å²) < 4.78 is 0. The molecule has 84 valence electrons. The lowest BCUT2D eigenvalue weighted by Gasteiger charge is -2.02. The van der Waals surface area contributed by atoms with E-state index < -0.39 is 0 Å². The van der Waals surface area contributed by atoms with Crippen LogP contribution in [0.1, 0.15) is 18.9 Å². The zero-order chi connectivity index (χ0) is 11.2. The second kappa shape index (κ2) is 5.67. The van der Waals surface area contributed by atoms with E-state index in [-0.39, 0.29) is 0 Å². The fourth-order valence-corrected chi connectivity index (χ4v) is 1.84. The molecule has 0 unspecified atom stereocenters. The van der Waals surface area contributed by atoms with Crippen molar-refractivity contribution in [3.8, 4) is 11.5 Å². The quantitative estimate of drug-likeness (QED) is 0.805. The molecule has 1 N–H and O–H groups in total. The van der Waals surface area contributed by atoms with Crippen molar-refractivity contribution >= 4 is 11.3 Å². The summed E-state index contributed by atoms with van der Waals surface area (Å²) in [5.41, 5.74) is 3.74. The van der Waals surface area contributed by atoms with E-state index in [1.807, 2.05) is 17.8 Å². The number of thiazole rings is 1. The summed E-state index contributed by atoms with van der Waals surface area (Å²) in [6.07, 6.45) is 4.84. The summed E-state index contributed by atoms with van der Waals surface area (Å²) in [5, 5.41) is 5.26. The Balaban J connectivity index is 2.00. The predicted octanol–water partition coefficient (Wildman–Crippen LogP) is 2.10. The highest BCUT2D eigenvalue weighted by molar-refractivity contribution is 7.07. The molecule has 4 nitrogen and oxygen atoms in total. The van der Waals surface area contributed by atoms with Crippen LogP contribution in [0.2, 0.25) is 0 Å². The van der Waals surface area contributed by atoms with Gasteiger partial charge in [-0.15, -0.1) is 11.3 Å². The van der Waals surface area contributed by atoms with Crippen molar-refractivity contribution in [1.29, 1.82) is 0 Å². The minimum Gasteiger partial charge on any atom is -0.313 e. The maximum absolute atomic E-state index is 4.29. The van der Waals surface area contributed by atoms with E-state index in [1.54, 1.807) is 16.8 Å². The zero-order valence-electron chi connectivity index (χ0n) is 9.18. The molecule has 0 atom stereocenters. The van der Waals surface area contributed by atoms with Crippen molar-refractivity contribution in [2.45, 2.75) is 19.9 Å². The predicted molar refractivity (Wildman–Crippen MR) is 65.1 cm³/mol. The van der Waals surface area contributed by atoms with Gasteiger partial charge in [0.2, 0.25) is 0 Å². The summed E-state index contributed by atoms with van der Waals surface area (Å²) >= 11 is 1.55. The second-order valence-corrected chi connectivity index (χ2v) is 4.18. The van der Waals surface area contributed by atoms with Gasteiger partial charge >= 0.3 is 0 Å². The van der Waals surface area contributed by atoms with Gasteiger partial charge in [0.15, 0.2) is 5.82 Å². The number of nitrogens with one attached hydrogen (secondary N) is 1. The third-order valence-electron chi connectivity index (χ3n) is 2.12. The highest BCUT2D eigenvalue weighted by Gasteiger charge is 2.02. The normalized spacial score (nSPS) is 10.6. The van der Waals surface area contributed by atoms with Crippen LogP contribution in [-0.2, 0) is 6.54 Å². The minimum absolute atomic E-state index is 0.695. The van der Waals surface area contributed by atoms with Crippen LogP contribution < -0.4 is 5.32 Å². The third kappa shape index (κ3) is 2.84. The summed E-state index contributed by atoms with van der Waals surface area (Å²) in [5.74, 6) is 0.695. The van der Waals surface area contributed by atoms with Crippen molar-refractivity contribution in [2.24, 2.45) is 0 Å². The molecule has 0 aliphatic carbocycles. The van der Waals surface area contributed by atoms with E-state index in [4.69, 9.17) is 0 Å². The first-order chi connectivity index (χ1) is 7.90. The van der Waals surface area contributed by atoms with Crippen LogP contribution in [0, 0.1) is 0 Å². The molecule has 2 rings (SSSR count). The lowest BCUT2D eigenvalue weighted by molar-refractivity contribution is 0.672. The molecule has 0 aliphatic heterocycles. The van der Waals surface area contributed by atoms with Gasteiger partial charge < -0.3 is 5.32 Å². The molecule has 0 saturated carbocycles. The van der Waals surface area contributed by atoms with Crippen molar-refractivity contribution in [3.63, 3.8) is 0 Å². The van der Waals surface area contributed by atoms with E-state index in [0.717, 1.165) is 30.8 Å². The Bertz CT molecular complexity index is 410. The summed E-state index contributed by atoms with van der Waals surface area (Å²) in [7, 11) is 0. The molecule has 2 heterocycles. The van der Waals surface area contributed by atoms with Gasteiger partial charge in [0, 0.05) is 29.9 Å². The van der Waals surface area contributed by atoms with Crippen LogP contribution in [0.5, 0.6) is 0 Å². The van der Waals surface area contributed by atoms with Gasteiger partial charge in [-0.3, -0.25) is 0 Å². The highest BCUT2D eigenvalue weighted by Crippen LogP contribution is 2.13. The first kappa shape index (κ1) is 11.2. The molecule has 0 fully saturated rings. The number of hydrogen-bond donors (Lipinski definition) is 1. The van der Waals surface area contributed by atoms with Crippen molar-refractivity contribution in [2.75, 3.05) is 6.54 Å². The van der Waals surface area contributed by atoms with E-state index in [1.165, 1.54) is 0 Å². The summed E-state index contributed by atoms with van der Waals surface area (Å²) in [4.78, 5) is 12.8. The van der Waals surface area contributed by atoms with Gasteiger partial charge in [0.25, 0.3) is 0 Å². The molecule has 0 amide bonds. The molecule has 0 radical (unpaired) electrons. The fourth-order valence-electron chi connectivity index (χ4n) is 1.31. The molecule has 0 saturated heterocycles. The second-order valence-electron chi connectivity index (χ2n) is 3.47. The van der Waals surface area contributed by atoms with Gasteiger partial charge in [-0.2, -0.15) is 0 Å². The number of rotatable bonds is 5. The highest BCUT2D eigenvalue weighted by atomic mass is 32.1. The van der Waals surface area contributed by atoms with Crippen LogP contribution in [0.15, 0.2) is 23.3 Å². The molecule has 16 heavy (non-hydrogen) atoms. The molecule has 2 aromatic rings. The number of aromatic nitrogens is 3.